The first kappa shape index (κ1) is 13.2. The predicted molar refractivity (Wildman–Crippen MR) is 62.9 cm³/mol. The SMILES string of the molecule is CC(CO)C1CC=CCCCC(=O)OC1C. The molecule has 1 aliphatic rings. The molecule has 0 aromatic carbocycles. The molecule has 3 heteroatoms. The van der Waals surface area contributed by atoms with Crippen LogP contribution in [-0.2, 0) is 9.53 Å². The van der Waals surface area contributed by atoms with Crippen molar-refractivity contribution in [1.29, 1.82) is 0 Å². The van der Waals surface area contributed by atoms with Gasteiger partial charge in [-0.15, -0.1) is 0 Å². The molecule has 0 bridgehead atoms. The molecule has 92 valence electrons. The summed E-state index contributed by atoms with van der Waals surface area (Å²) in [4.78, 5) is 11.5. The second-order valence-corrected chi connectivity index (χ2v) is 4.62. The van der Waals surface area contributed by atoms with Crippen LogP contribution in [0.4, 0.5) is 0 Å². The van der Waals surface area contributed by atoms with Crippen molar-refractivity contribution < 1.29 is 14.6 Å². The Balaban J connectivity index is 2.69. The monoisotopic (exact) mass is 226 g/mol. The third-order valence-electron chi connectivity index (χ3n) is 3.27. The van der Waals surface area contributed by atoms with Crippen LogP contribution in [0.5, 0.6) is 0 Å². The van der Waals surface area contributed by atoms with Crippen LogP contribution in [0.15, 0.2) is 12.2 Å². The molecule has 1 aliphatic heterocycles. The molecular formula is C13H22O3. The maximum Gasteiger partial charge on any atom is 0.306 e. The molecule has 1 rings (SSSR count). The number of hydrogen-bond donors (Lipinski definition) is 1. The van der Waals surface area contributed by atoms with E-state index in [-0.39, 0.29) is 30.5 Å². The molecule has 0 aromatic rings. The molecule has 3 atom stereocenters. The lowest BCUT2D eigenvalue weighted by atomic mass is 9.86. The molecular weight excluding hydrogens is 204 g/mol. The normalized spacial score (nSPS) is 29.6. The molecule has 0 aromatic heterocycles. The highest BCUT2D eigenvalue weighted by Crippen LogP contribution is 2.24. The van der Waals surface area contributed by atoms with Crippen molar-refractivity contribution >= 4 is 5.97 Å². The smallest absolute Gasteiger partial charge is 0.306 e. The number of aliphatic hydroxyl groups excluding tert-OH is 1. The standard InChI is InChI=1S/C13H22O3/c1-10(9-14)12-7-5-3-4-6-8-13(15)16-11(12)2/h3,5,10-12,14H,4,6-9H2,1-2H3. The molecule has 0 fully saturated rings. The zero-order valence-corrected chi connectivity index (χ0v) is 10.2. The third kappa shape index (κ3) is 3.97. The van der Waals surface area contributed by atoms with Crippen LogP contribution in [0.3, 0.4) is 0 Å². The molecule has 16 heavy (non-hydrogen) atoms. The summed E-state index contributed by atoms with van der Waals surface area (Å²) >= 11 is 0. The highest BCUT2D eigenvalue weighted by atomic mass is 16.5. The summed E-state index contributed by atoms with van der Waals surface area (Å²) in [7, 11) is 0. The first-order valence-electron chi connectivity index (χ1n) is 6.10. The van der Waals surface area contributed by atoms with Gasteiger partial charge in [0.2, 0.25) is 0 Å². The van der Waals surface area contributed by atoms with Crippen molar-refractivity contribution in [3.63, 3.8) is 0 Å². The lowest BCUT2D eigenvalue weighted by Crippen LogP contribution is -2.30. The van der Waals surface area contributed by atoms with Gasteiger partial charge in [-0.1, -0.05) is 19.1 Å². The zero-order chi connectivity index (χ0) is 12.0. The maximum absolute atomic E-state index is 11.5. The van der Waals surface area contributed by atoms with E-state index in [1.54, 1.807) is 0 Å². The molecule has 3 unspecified atom stereocenters. The fraction of sp³-hybridized carbons (Fsp3) is 0.769. The topological polar surface area (TPSA) is 46.5 Å². The van der Waals surface area contributed by atoms with E-state index in [1.165, 1.54) is 0 Å². The average molecular weight is 226 g/mol. The van der Waals surface area contributed by atoms with E-state index in [4.69, 9.17) is 4.74 Å². The predicted octanol–water partition coefficient (Wildman–Crippen LogP) is 2.29. The van der Waals surface area contributed by atoms with Crippen LogP contribution in [0.2, 0.25) is 0 Å². The Kier molecular flexibility index (Phi) is 5.53. The van der Waals surface area contributed by atoms with Crippen molar-refractivity contribution in [2.75, 3.05) is 6.61 Å². The average Bonchev–Trinajstić information content (AvgIpc) is 2.26. The third-order valence-corrected chi connectivity index (χ3v) is 3.27. The van der Waals surface area contributed by atoms with Gasteiger partial charge in [0.1, 0.15) is 6.10 Å². The van der Waals surface area contributed by atoms with Gasteiger partial charge < -0.3 is 9.84 Å². The first-order valence-corrected chi connectivity index (χ1v) is 6.10. The van der Waals surface area contributed by atoms with Gasteiger partial charge in [0.25, 0.3) is 0 Å². The number of allylic oxidation sites excluding steroid dienone is 2. The van der Waals surface area contributed by atoms with Gasteiger partial charge >= 0.3 is 5.97 Å². The van der Waals surface area contributed by atoms with E-state index in [0.717, 1.165) is 19.3 Å². The van der Waals surface area contributed by atoms with Gasteiger partial charge in [-0.2, -0.15) is 0 Å². The lowest BCUT2D eigenvalue weighted by molar-refractivity contribution is -0.152. The van der Waals surface area contributed by atoms with Crippen LogP contribution >= 0.6 is 0 Å². The summed E-state index contributed by atoms with van der Waals surface area (Å²) < 4.78 is 5.38. The fourth-order valence-electron chi connectivity index (χ4n) is 2.11. The molecule has 1 N–H and O–H groups in total. The van der Waals surface area contributed by atoms with E-state index in [9.17, 15) is 9.90 Å². The van der Waals surface area contributed by atoms with Crippen molar-refractivity contribution in [2.45, 2.75) is 45.6 Å². The molecule has 0 saturated heterocycles. The Bertz CT molecular complexity index is 248. The molecule has 0 aliphatic carbocycles. The van der Waals surface area contributed by atoms with Gasteiger partial charge in [0, 0.05) is 18.9 Å². The van der Waals surface area contributed by atoms with Gasteiger partial charge in [-0.3, -0.25) is 4.79 Å². The van der Waals surface area contributed by atoms with Crippen LogP contribution in [0.1, 0.15) is 39.5 Å². The largest absolute Gasteiger partial charge is 0.462 e. The highest BCUT2D eigenvalue weighted by Gasteiger charge is 2.25. The summed E-state index contributed by atoms with van der Waals surface area (Å²) in [6.45, 7) is 4.05. The number of esters is 1. The second-order valence-electron chi connectivity index (χ2n) is 4.62. The molecule has 0 spiro atoms. The van der Waals surface area contributed by atoms with E-state index >= 15 is 0 Å². The van der Waals surface area contributed by atoms with Crippen molar-refractivity contribution in [3.8, 4) is 0 Å². The molecule has 0 radical (unpaired) electrons. The van der Waals surface area contributed by atoms with E-state index in [2.05, 4.69) is 12.2 Å². The van der Waals surface area contributed by atoms with E-state index in [1.807, 2.05) is 13.8 Å². The molecule has 0 amide bonds. The van der Waals surface area contributed by atoms with Crippen LogP contribution in [-0.4, -0.2) is 23.8 Å². The Morgan fingerprint density at radius 3 is 3.00 bits per heavy atom. The summed E-state index contributed by atoms with van der Waals surface area (Å²) in [5.74, 6) is 0.258. The van der Waals surface area contributed by atoms with Gasteiger partial charge in [0.05, 0.1) is 0 Å². The summed E-state index contributed by atoms with van der Waals surface area (Å²) in [6, 6.07) is 0. The van der Waals surface area contributed by atoms with Gasteiger partial charge in [-0.05, 0) is 32.1 Å². The van der Waals surface area contributed by atoms with Crippen molar-refractivity contribution in [2.24, 2.45) is 11.8 Å². The highest BCUT2D eigenvalue weighted by molar-refractivity contribution is 5.69. The minimum Gasteiger partial charge on any atom is -0.462 e. The Hall–Kier alpha value is -0.830. The van der Waals surface area contributed by atoms with Crippen LogP contribution < -0.4 is 0 Å². The van der Waals surface area contributed by atoms with Gasteiger partial charge in [0.15, 0.2) is 0 Å². The number of carbonyl (C=O) groups is 1. The van der Waals surface area contributed by atoms with E-state index in [0.29, 0.717) is 6.42 Å². The van der Waals surface area contributed by atoms with Crippen LogP contribution in [0, 0.1) is 11.8 Å². The first-order chi connectivity index (χ1) is 7.65. The Morgan fingerprint density at radius 1 is 1.56 bits per heavy atom. The summed E-state index contributed by atoms with van der Waals surface area (Å²) in [6.07, 6.45) is 7.32. The minimum atomic E-state index is -0.114. The van der Waals surface area contributed by atoms with Crippen LogP contribution in [0.25, 0.3) is 0 Å². The molecule has 1 heterocycles. The maximum atomic E-state index is 11.5. The number of cyclic esters (lactones) is 1. The minimum absolute atomic E-state index is 0.113. The molecule has 0 saturated carbocycles. The Morgan fingerprint density at radius 2 is 2.31 bits per heavy atom. The summed E-state index contributed by atoms with van der Waals surface area (Å²) in [5, 5.41) is 9.19. The number of hydrogen-bond acceptors (Lipinski definition) is 3. The Labute approximate surface area is 97.5 Å². The number of rotatable bonds is 2. The van der Waals surface area contributed by atoms with Gasteiger partial charge in [-0.25, -0.2) is 0 Å². The van der Waals surface area contributed by atoms with Crippen molar-refractivity contribution in [1.82, 2.24) is 0 Å². The zero-order valence-electron chi connectivity index (χ0n) is 10.2. The molecule has 3 nitrogen and oxygen atoms in total. The fourth-order valence-corrected chi connectivity index (χ4v) is 2.11. The van der Waals surface area contributed by atoms with E-state index < -0.39 is 0 Å². The quantitative estimate of drug-likeness (QED) is 0.580. The summed E-state index contributed by atoms with van der Waals surface area (Å²) in [5.41, 5.74) is 0. The second kappa shape index (κ2) is 6.69. The van der Waals surface area contributed by atoms with Crippen molar-refractivity contribution in [3.05, 3.63) is 12.2 Å². The number of ether oxygens (including phenoxy) is 1. The lowest BCUT2D eigenvalue weighted by Gasteiger charge is -2.28. The number of aliphatic hydroxyl groups is 1. The number of carbonyl (C=O) groups excluding carboxylic acids is 1.